The minimum absolute atomic E-state index is 0.0121. The summed E-state index contributed by atoms with van der Waals surface area (Å²) in [5, 5.41) is 0. The summed E-state index contributed by atoms with van der Waals surface area (Å²) in [5.74, 6) is 0.763. The SMILES string of the molecule is CC(C)C(=O)C1CCCCC1C(=O)CCCN1CCCC1. The summed E-state index contributed by atoms with van der Waals surface area (Å²) in [6.07, 6.45) is 8.35. The number of carbonyl (C=O) groups excluding carboxylic acids is 2. The molecule has 1 aliphatic heterocycles. The van der Waals surface area contributed by atoms with Gasteiger partial charge < -0.3 is 4.90 Å². The van der Waals surface area contributed by atoms with Crippen LogP contribution in [0.5, 0.6) is 0 Å². The summed E-state index contributed by atoms with van der Waals surface area (Å²) in [6, 6.07) is 0. The Morgan fingerprint density at radius 1 is 1.00 bits per heavy atom. The van der Waals surface area contributed by atoms with Crippen LogP contribution in [0.4, 0.5) is 0 Å². The molecule has 1 heterocycles. The van der Waals surface area contributed by atoms with Gasteiger partial charge in [0.15, 0.2) is 0 Å². The number of hydrogen-bond donors (Lipinski definition) is 0. The molecule has 0 spiro atoms. The molecule has 1 aliphatic carbocycles. The molecule has 21 heavy (non-hydrogen) atoms. The highest BCUT2D eigenvalue weighted by atomic mass is 16.1. The molecule has 0 aromatic rings. The average molecular weight is 293 g/mol. The second kappa shape index (κ2) is 8.07. The second-order valence-corrected chi connectivity index (χ2v) is 7.17. The lowest BCUT2D eigenvalue weighted by Crippen LogP contribution is -2.35. The molecule has 0 N–H and O–H groups in total. The molecule has 120 valence electrons. The van der Waals surface area contributed by atoms with Gasteiger partial charge in [-0.2, -0.15) is 0 Å². The number of Topliss-reactive ketones (excluding diaryl/α,β-unsaturated/α-hetero) is 2. The van der Waals surface area contributed by atoms with Crippen molar-refractivity contribution in [1.82, 2.24) is 4.90 Å². The van der Waals surface area contributed by atoms with Crippen molar-refractivity contribution in [2.45, 2.75) is 65.2 Å². The van der Waals surface area contributed by atoms with Gasteiger partial charge in [-0.1, -0.05) is 26.7 Å². The fourth-order valence-electron chi connectivity index (χ4n) is 3.95. The van der Waals surface area contributed by atoms with Gasteiger partial charge in [0.05, 0.1) is 0 Å². The highest BCUT2D eigenvalue weighted by Gasteiger charge is 2.35. The first kappa shape index (κ1) is 16.7. The molecule has 0 radical (unpaired) electrons. The zero-order valence-electron chi connectivity index (χ0n) is 13.8. The molecule has 0 aromatic heterocycles. The van der Waals surface area contributed by atoms with Gasteiger partial charge in [0, 0.05) is 24.2 Å². The van der Waals surface area contributed by atoms with Gasteiger partial charge in [-0.25, -0.2) is 0 Å². The van der Waals surface area contributed by atoms with E-state index >= 15 is 0 Å². The Morgan fingerprint density at radius 3 is 2.24 bits per heavy atom. The van der Waals surface area contributed by atoms with Crippen LogP contribution in [0.2, 0.25) is 0 Å². The third-order valence-electron chi connectivity index (χ3n) is 5.21. The molecule has 3 nitrogen and oxygen atoms in total. The van der Waals surface area contributed by atoms with Crippen LogP contribution in [-0.4, -0.2) is 36.1 Å². The van der Waals surface area contributed by atoms with E-state index < -0.39 is 0 Å². The molecule has 0 amide bonds. The summed E-state index contributed by atoms with van der Waals surface area (Å²) < 4.78 is 0. The number of carbonyl (C=O) groups is 2. The Labute approximate surface area is 129 Å². The predicted octanol–water partition coefficient (Wildman–Crippen LogP) is 3.46. The third kappa shape index (κ3) is 4.64. The minimum Gasteiger partial charge on any atom is -0.303 e. The lowest BCUT2D eigenvalue weighted by molar-refractivity contribution is -0.136. The van der Waals surface area contributed by atoms with Gasteiger partial charge in [-0.15, -0.1) is 0 Å². The molecular formula is C18H31NO2. The maximum atomic E-state index is 12.5. The predicted molar refractivity (Wildman–Crippen MR) is 85.2 cm³/mol. The number of ketones is 2. The van der Waals surface area contributed by atoms with Crippen LogP contribution in [0.25, 0.3) is 0 Å². The molecule has 2 atom stereocenters. The Hall–Kier alpha value is -0.700. The maximum absolute atomic E-state index is 12.5. The standard InChI is InChI=1S/C18H31NO2/c1-14(2)18(21)16-9-4-3-8-15(16)17(20)10-7-13-19-11-5-6-12-19/h14-16H,3-13H2,1-2H3. The Morgan fingerprint density at radius 2 is 1.62 bits per heavy atom. The molecule has 2 aliphatic rings. The van der Waals surface area contributed by atoms with Crippen molar-refractivity contribution < 1.29 is 9.59 Å². The molecule has 2 rings (SSSR count). The van der Waals surface area contributed by atoms with Gasteiger partial charge in [0.25, 0.3) is 0 Å². The molecule has 0 aromatic carbocycles. The summed E-state index contributed by atoms with van der Waals surface area (Å²) >= 11 is 0. The van der Waals surface area contributed by atoms with Crippen molar-refractivity contribution in [2.75, 3.05) is 19.6 Å². The van der Waals surface area contributed by atoms with E-state index in [1.165, 1.54) is 25.9 Å². The van der Waals surface area contributed by atoms with Crippen LogP contribution in [-0.2, 0) is 9.59 Å². The van der Waals surface area contributed by atoms with Gasteiger partial charge in [0.2, 0.25) is 0 Å². The van der Waals surface area contributed by atoms with E-state index in [1.54, 1.807) is 0 Å². The largest absolute Gasteiger partial charge is 0.303 e. The number of hydrogen-bond acceptors (Lipinski definition) is 3. The first-order chi connectivity index (χ1) is 10.1. The van der Waals surface area contributed by atoms with Gasteiger partial charge >= 0.3 is 0 Å². The van der Waals surface area contributed by atoms with Crippen LogP contribution in [0, 0.1) is 17.8 Å². The fraction of sp³-hybridized carbons (Fsp3) is 0.889. The lowest BCUT2D eigenvalue weighted by Gasteiger charge is -2.30. The van der Waals surface area contributed by atoms with Crippen molar-refractivity contribution in [3.05, 3.63) is 0 Å². The number of rotatable bonds is 7. The summed E-state index contributed by atoms with van der Waals surface area (Å²) in [5.41, 5.74) is 0. The van der Waals surface area contributed by atoms with Gasteiger partial charge in [-0.05, 0) is 51.7 Å². The van der Waals surface area contributed by atoms with Crippen LogP contribution in [0.1, 0.15) is 65.2 Å². The average Bonchev–Trinajstić information content (AvgIpc) is 2.99. The molecule has 2 fully saturated rings. The van der Waals surface area contributed by atoms with E-state index in [2.05, 4.69) is 4.90 Å². The van der Waals surface area contributed by atoms with Crippen LogP contribution >= 0.6 is 0 Å². The van der Waals surface area contributed by atoms with Gasteiger partial charge in [0.1, 0.15) is 11.6 Å². The summed E-state index contributed by atoms with van der Waals surface area (Å²) in [4.78, 5) is 27.3. The van der Waals surface area contributed by atoms with E-state index in [1.807, 2.05) is 13.8 Å². The quantitative estimate of drug-likeness (QED) is 0.721. The Kier molecular flexibility index (Phi) is 6.40. The monoisotopic (exact) mass is 293 g/mol. The highest BCUT2D eigenvalue weighted by Crippen LogP contribution is 2.34. The molecule has 1 saturated carbocycles. The van der Waals surface area contributed by atoms with Crippen molar-refractivity contribution >= 4 is 11.6 Å². The third-order valence-corrected chi connectivity index (χ3v) is 5.21. The number of likely N-dealkylation sites (tertiary alicyclic amines) is 1. The van der Waals surface area contributed by atoms with Crippen molar-refractivity contribution in [1.29, 1.82) is 0 Å². The van der Waals surface area contributed by atoms with Crippen molar-refractivity contribution in [3.63, 3.8) is 0 Å². The van der Waals surface area contributed by atoms with E-state index in [0.717, 1.165) is 38.6 Å². The van der Waals surface area contributed by atoms with Crippen LogP contribution in [0.3, 0.4) is 0 Å². The van der Waals surface area contributed by atoms with Crippen LogP contribution in [0.15, 0.2) is 0 Å². The summed E-state index contributed by atoms with van der Waals surface area (Å²) in [7, 11) is 0. The van der Waals surface area contributed by atoms with Crippen molar-refractivity contribution in [3.8, 4) is 0 Å². The normalized spacial score (nSPS) is 27.2. The Balaban J connectivity index is 1.81. The van der Waals surface area contributed by atoms with Gasteiger partial charge in [-0.3, -0.25) is 9.59 Å². The molecule has 2 unspecified atom stereocenters. The molecule has 1 saturated heterocycles. The zero-order valence-corrected chi connectivity index (χ0v) is 13.8. The second-order valence-electron chi connectivity index (χ2n) is 7.17. The highest BCUT2D eigenvalue weighted by molar-refractivity contribution is 5.90. The molecule has 3 heteroatoms. The summed E-state index contributed by atoms with van der Waals surface area (Å²) in [6.45, 7) is 7.39. The Bertz CT molecular complexity index is 358. The van der Waals surface area contributed by atoms with E-state index in [0.29, 0.717) is 18.0 Å². The van der Waals surface area contributed by atoms with Crippen molar-refractivity contribution in [2.24, 2.45) is 17.8 Å². The van der Waals surface area contributed by atoms with E-state index in [-0.39, 0.29) is 17.8 Å². The molecule has 0 bridgehead atoms. The van der Waals surface area contributed by atoms with Crippen LogP contribution < -0.4 is 0 Å². The first-order valence-electron chi connectivity index (χ1n) is 8.88. The van der Waals surface area contributed by atoms with E-state index in [9.17, 15) is 9.59 Å². The number of nitrogens with zero attached hydrogens (tertiary/aromatic N) is 1. The van der Waals surface area contributed by atoms with E-state index in [4.69, 9.17) is 0 Å². The lowest BCUT2D eigenvalue weighted by atomic mass is 9.72. The maximum Gasteiger partial charge on any atom is 0.139 e. The first-order valence-corrected chi connectivity index (χ1v) is 8.88. The smallest absolute Gasteiger partial charge is 0.139 e. The zero-order chi connectivity index (χ0) is 15.2. The topological polar surface area (TPSA) is 37.4 Å². The molecular weight excluding hydrogens is 262 g/mol. The minimum atomic E-state index is 0.0121. The fourth-order valence-corrected chi connectivity index (χ4v) is 3.95.